The minimum Gasteiger partial charge on any atom is -0.291 e. The summed E-state index contributed by atoms with van der Waals surface area (Å²) in [6.45, 7) is 2.23. The molecule has 0 aromatic carbocycles. The average molecular weight is 223 g/mol. The summed E-state index contributed by atoms with van der Waals surface area (Å²) in [5, 5.41) is 0. The quantitative estimate of drug-likeness (QED) is 0.337. The maximum atomic E-state index is 9.95. The van der Waals surface area contributed by atoms with Crippen molar-refractivity contribution in [1.82, 2.24) is 0 Å². The minimum atomic E-state index is 0.625. The molecule has 0 aliphatic heterocycles. The Morgan fingerprint density at radius 3 is 2.00 bits per heavy atom. The first-order valence-corrected chi connectivity index (χ1v) is 6.91. The van der Waals surface area contributed by atoms with E-state index in [-0.39, 0.29) is 0 Å². The summed E-state index contributed by atoms with van der Waals surface area (Å²) in [6, 6.07) is 0. The van der Waals surface area contributed by atoms with Gasteiger partial charge >= 0.3 is 0 Å². The Labute approximate surface area is 101 Å². The topological polar surface area (TPSA) is 17.1 Å². The molecule has 93 valence electrons. The van der Waals surface area contributed by atoms with Crippen LogP contribution in [0.1, 0.15) is 77.6 Å². The standard InChI is InChI=1S/C15H27O/c1-2-3-4-5-6-7-8-9-10-11-12-13-14-15-16/h5-6H,2-4,7-14H2,1H3/b6-5-. The van der Waals surface area contributed by atoms with Crippen molar-refractivity contribution in [1.29, 1.82) is 0 Å². The molecule has 0 aliphatic carbocycles. The number of unbranched alkanes of at least 4 members (excludes halogenated alkanes) is 9. The molecule has 16 heavy (non-hydrogen) atoms. The van der Waals surface area contributed by atoms with Gasteiger partial charge in [-0.25, -0.2) is 0 Å². The number of allylic oxidation sites excluding steroid dienone is 2. The van der Waals surface area contributed by atoms with E-state index in [1.54, 1.807) is 0 Å². The molecule has 1 nitrogen and oxygen atoms in total. The summed E-state index contributed by atoms with van der Waals surface area (Å²) < 4.78 is 0. The molecule has 0 heterocycles. The van der Waals surface area contributed by atoms with Crippen molar-refractivity contribution < 1.29 is 4.79 Å². The van der Waals surface area contributed by atoms with Crippen LogP contribution in [0.3, 0.4) is 0 Å². The van der Waals surface area contributed by atoms with E-state index >= 15 is 0 Å². The summed E-state index contributed by atoms with van der Waals surface area (Å²) in [5.41, 5.74) is 0. The van der Waals surface area contributed by atoms with Gasteiger partial charge in [-0.1, -0.05) is 57.6 Å². The van der Waals surface area contributed by atoms with Gasteiger partial charge < -0.3 is 0 Å². The van der Waals surface area contributed by atoms with Gasteiger partial charge in [-0.05, 0) is 25.7 Å². The molecule has 1 radical (unpaired) electrons. The van der Waals surface area contributed by atoms with Crippen LogP contribution in [0.15, 0.2) is 12.2 Å². The first kappa shape index (κ1) is 15.4. The van der Waals surface area contributed by atoms with Crippen molar-refractivity contribution in [3.05, 3.63) is 12.2 Å². The van der Waals surface area contributed by atoms with Crippen molar-refractivity contribution in [2.24, 2.45) is 0 Å². The Kier molecular flexibility index (Phi) is 13.9. The fraction of sp³-hybridized carbons (Fsp3) is 0.800. The molecule has 0 amide bonds. The summed E-state index contributed by atoms with van der Waals surface area (Å²) in [7, 11) is 0. The van der Waals surface area contributed by atoms with Crippen molar-refractivity contribution in [2.45, 2.75) is 77.6 Å². The highest BCUT2D eigenvalue weighted by molar-refractivity contribution is 5.50. The van der Waals surface area contributed by atoms with E-state index in [9.17, 15) is 4.79 Å². The molecule has 0 aromatic rings. The second-order valence-electron chi connectivity index (χ2n) is 4.42. The van der Waals surface area contributed by atoms with E-state index < -0.39 is 0 Å². The molecule has 1 heteroatoms. The van der Waals surface area contributed by atoms with Crippen LogP contribution in [0.4, 0.5) is 0 Å². The molecule has 0 unspecified atom stereocenters. The lowest BCUT2D eigenvalue weighted by molar-refractivity contribution is 0.541. The summed E-state index contributed by atoms with van der Waals surface area (Å²) in [4.78, 5) is 9.95. The Balaban J connectivity index is 2.98. The molecule has 0 fully saturated rings. The molecular formula is C15H27O. The van der Waals surface area contributed by atoms with Crippen LogP contribution in [-0.2, 0) is 4.79 Å². The lowest BCUT2D eigenvalue weighted by Gasteiger charge is -1.98. The zero-order chi connectivity index (χ0) is 11.9. The van der Waals surface area contributed by atoms with E-state index in [0.29, 0.717) is 6.42 Å². The molecular weight excluding hydrogens is 196 g/mol. The van der Waals surface area contributed by atoms with Crippen LogP contribution < -0.4 is 0 Å². The fourth-order valence-corrected chi connectivity index (χ4v) is 1.72. The molecule has 0 rings (SSSR count). The largest absolute Gasteiger partial charge is 0.291 e. The molecule has 0 saturated heterocycles. The molecule has 0 atom stereocenters. The maximum Gasteiger partial charge on any atom is 0.198 e. The first-order valence-electron chi connectivity index (χ1n) is 6.91. The third-order valence-corrected chi connectivity index (χ3v) is 2.79. The zero-order valence-corrected chi connectivity index (χ0v) is 10.8. The van der Waals surface area contributed by atoms with Crippen LogP contribution in [0.25, 0.3) is 0 Å². The number of hydrogen-bond donors (Lipinski definition) is 0. The maximum absolute atomic E-state index is 9.95. The van der Waals surface area contributed by atoms with Gasteiger partial charge in [0.2, 0.25) is 0 Å². The van der Waals surface area contributed by atoms with Crippen LogP contribution in [-0.4, -0.2) is 6.29 Å². The first-order chi connectivity index (χ1) is 7.91. The Hall–Kier alpha value is -0.590. The zero-order valence-electron chi connectivity index (χ0n) is 10.8. The van der Waals surface area contributed by atoms with E-state index in [2.05, 4.69) is 19.1 Å². The van der Waals surface area contributed by atoms with E-state index in [1.807, 2.05) is 6.29 Å². The van der Waals surface area contributed by atoms with Crippen LogP contribution >= 0.6 is 0 Å². The Bertz CT molecular complexity index is 161. The highest BCUT2D eigenvalue weighted by atomic mass is 16.1. The van der Waals surface area contributed by atoms with E-state index in [1.165, 1.54) is 57.8 Å². The Morgan fingerprint density at radius 1 is 0.812 bits per heavy atom. The second kappa shape index (κ2) is 14.4. The minimum absolute atomic E-state index is 0.625. The van der Waals surface area contributed by atoms with Crippen molar-refractivity contribution in [2.75, 3.05) is 0 Å². The normalized spacial score (nSPS) is 11.1. The average Bonchev–Trinajstić information content (AvgIpc) is 2.31. The van der Waals surface area contributed by atoms with Crippen molar-refractivity contribution >= 4 is 6.29 Å². The fourth-order valence-electron chi connectivity index (χ4n) is 1.72. The van der Waals surface area contributed by atoms with E-state index in [4.69, 9.17) is 0 Å². The van der Waals surface area contributed by atoms with Gasteiger partial charge in [-0.15, -0.1) is 0 Å². The molecule has 0 spiro atoms. The van der Waals surface area contributed by atoms with Gasteiger partial charge in [0.05, 0.1) is 0 Å². The van der Waals surface area contributed by atoms with Gasteiger partial charge in [0.25, 0.3) is 0 Å². The molecule has 0 aromatic heterocycles. The predicted octanol–water partition coefficient (Wildman–Crippen LogP) is 4.96. The third-order valence-electron chi connectivity index (χ3n) is 2.79. The van der Waals surface area contributed by atoms with Crippen molar-refractivity contribution in [3.8, 4) is 0 Å². The van der Waals surface area contributed by atoms with Gasteiger partial charge in [0.1, 0.15) is 0 Å². The van der Waals surface area contributed by atoms with Crippen LogP contribution in [0, 0.1) is 0 Å². The van der Waals surface area contributed by atoms with Crippen LogP contribution in [0.2, 0.25) is 0 Å². The summed E-state index contributed by atoms with van der Waals surface area (Å²) in [6.07, 6.45) is 19.8. The summed E-state index contributed by atoms with van der Waals surface area (Å²) in [5.74, 6) is 0. The predicted molar refractivity (Wildman–Crippen MR) is 71.3 cm³/mol. The van der Waals surface area contributed by atoms with Crippen LogP contribution in [0.5, 0.6) is 0 Å². The third kappa shape index (κ3) is 13.4. The van der Waals surface area contributed by atoms with E-state index in [0.717, 1.165) is 6.42 Å². The number of rotatable bonds is 12. The van der Waals surface area contributed by atoms with Crippen molar-refractivity contribution in [3.63, 3.8) is 0 Å². The highest BCUT2D eigenvalue weighted by Crippen LogP contribution is 2.08. The smallest absolute Gasteiger partial charge is 0.198 e. The van der Waals surface area contributed by atoms with Gasteiger partial charge in [-0.3, -0.25) is 4.79 Å². The molecule has 0 saturated carbocycles. The highest BCUT2D eigenvalue weighted by Gasteiger charge is 1.90. The number of carbonyl (C=O) groups excluding carboxylic acids is 1. The Morgan fingerprint density at radius 2 is 1.38 bits per heavy atom. The van der Waals surface area contributed by atoms with Gasteiger partial charge in [0.15, 0.2) is 6.29 Å². The monoisotopic (exact) mass is 223 g/mol. The summed E-state index contributed by atoms with van der Waals surface area (Å²) >= 11 is 0. The second-order valence-corrected chi connectivity index (χ2v) is 4.42. The molecule has 0 bridgehead atoms. The van der Waals surface area contributed by atoms with Gasteiger partial charge in [-0.2, -0.15) is 0 Å². The SMILES string of the molecule is CCCC/C=C\CCCCCCCC[C]=O. The molecule has 0 N–H and O–H groups in total. The number of hydrogen-bond acceptors (Lipinski definition) is 1. The van der Waals surface area contributed by atoms with Gasteiger partial charge in [0, 0.05) is 6.42 Å². The lowest BCUT2D eigenvalue weighted by Crippen LogP contribution is -1.80. The lowest BCUT2D eigenvalue weighted by atomic mass is 10.1. The molecule has 0 aliphatic rings.